The SMILES string of the molecule is CN=C(NCCCOCC1CCOCC1)NCC(C(C)C)N1CCCCCC1. The van der Waals surface area contributed by atoms with Crippen molar-refractivity contribution in [3.63, 3.8) is 0 Å². The van der Waals surface area contributed by atoms with Crippen molar-refractivity contribution in [1.29, 1.82) is 0 Å². The van der Waals surface area contributed by atoms with Gasteiger partial charge in [0.15, 0.2) is 5.96 Å². The van der Waals surface area contributed by atoms with Crippen molar-refractivity contribution >= 4 is 5.96 Å². The van der Waals surface area contributed by atoms with Gasteiger partial charge in [0.05, 0.1) is 0 Å². The number of nitrogens with one attached hydrogen (secondary N) is 2. The van der Waals surface area contributed by atoms with E-state index >= 15 is 0 Å². The highest BCUT2D eigenvalue weighted by Crippen LogP contribution is 2.17. The highest BCUT2D eigenvalue weighted by Gasteiger charge is 2.22. The molecule has 0 aromatic carbocycles. The number of guanidine groups is 1. The highest BCUT2D eigenvalue weighted by atomic mass is 16.5. The van der Waals surface area contributed by atoms with Crippen LogP contribution < -0.4 is 10.6 Å². The number of nitrogens with zero attached hydrogens (tertiary/aromatic N) is 2. The summed E-state index contributed by atoms with van der Waals surface area (Å²) in [6.45, 7) is 12.5. The molecular formula is C22H44N4O2. The fraction of sp³-hybridized carbons (Fsp3) is 0.955. The summed E-state index contributed by atoms with van der Waals surface area (Å²) < 4.78 is 11.2. The van der Waals surface area contributed by atoms with Gasteiger partial charge in [-0.3, -0.25) is 9.89 Å². The van der Waals surface area contributed by atoms with E-state index in [1.807, 2.05) is 7.05 Å². The average molecular weight is 397 g/mol. The van der Waals surface area contributed by atoms with Crippen LogP contribution in [0, 0.1) is 11.8 Å². The van der Waals surface area contributed by atoms with E-state index in [0.717, 1.165) is 64.7 Å². The predicted molar refractivity (Wildman–Crippen MR) is 117 cm³/mol. The molecular weight excluding hydrogens is 352 g/mol. The van der Waals surface area contributed by atoms with Crippen molar-refractivity contribution in [2.24, 2.45) is 16.8 Å². The molecule has 0 aromatic heterocycles. The zero-order valence-corrected chi connectivity index (χ0v) is 18.5. The summed E-state index contributed by atoms with van der Waals surface area (Å²) in [5.41, 5.74) is 0. The number of aliphatic imine (C=N–C) groups is 1. The van der Waals surface area contributed by atoms with Gasteiger partial charge >= 0.3 is 0 Å². The molecule has 0 aromatic rings. The molecule has 2 heterocycles. The van der Waals surface area contributed by atoms with E-state index in [2.05, 4.69) is 34.4 Å². The standard InChI is InChI=1S/C22H44N4O2/c1-19(2)21(26-12-6-4-5-7-13-26)17-25-22(23-3)24-11-8-14-28-18-20-9-15-27-16-10-20/h19-21H,4-18H2,1-3H3,(H2,23,24,25). The summed E-state index contributed by atoms with van der Waals surface area (Å²) in [5, 5.41) is 6.99. The highest BCUT2D eigenvalue weighted by molar-refractivity contribution is 5.79. The fourth-order valence-electron chi connectivity index (χ4n) is 4.18. The molecule has 2 rings (SSSR count). The molecule has 2 aliphatic heterocycles. The molecule has 2 N–H and O–H groups in total. The first-order valence-corrected chi connectivity index (χ1v) is 11.5. The van der Waals surface area contributed by atoms with E-state index < -0.39 is 0 Å². The minimum atomic E-state index is 0.569. The van der Waals surface area contributed by atoms with E-state index in [9.17, 15) is 0 Å². The van der Waals surface area contributed by atoms with Crippen molar-refractivity contribution in [3.8, 4) is 0 Å². The Morgan fingerprint density at radius 3 is 2.46 bits per heavy atom. The number of rotatable bonds is 10. The van der Waals surface area contributed by atoms with Crippen LogP contribution in [0.1, 0.15) is 58.8 Å². The Morgan fingerprint density at radius 1 is 1.11 bits per heavy atom. The van der Waals surface area contributed by atoms with E-state index in [0.29, 0.717) is 17.9 Å². The molecule has 1 atom stereocenters. The van der Waals surface area contributed by atoms with Gasteiger partial charge in [0.2, 0.25) is 0 Å². The summed E-state index contributed by atoms with van der Waals surface area (Å²) >= 11 is 0. The Bertz CT molecular complexity index is 417. The Hall–Kier alpha value is -0.850. The fourth-order valence-corrected chi connectivity index (χ4v) is 4.18. The zero-order chi connectivity index (χ0) is 20.0. The molecule has 2 saturated heterocycles. The average Bonchev–Trinajstić information content (AvgIpc) is 2.99. The molecule has 2 fully saturated rings. The topological polar surface area (TPSA) is 58.1 Å². The quantitative estimate of drug-likeness (QED) is 0.338. The summed E-state index contributed by atoms with van der Waals surface area (Å²) in [6.07, 6.45) is 8.73. The van der Waals surface area contributed by atoms with E-state index in [-0.39, 0.29) is 0 Å². The maximum absolute atomic E-state index is 5.85. The lowest BCUT2D eigenvalue weighted by atomic mass is 10.0. The molecule has 0 saturated carbocycles. The van der Waals surface area contributed by atoms with Gasteiger partial charge in [-0.2, -0.15) is 0 Å². The molecule has 0 bridgehead atoms. The third kappa shape index (κ3) is 9.10. The maximum Gasteiger partial charge on any atom is 0.191 e. The van der Waals surface area contributed by atoms with Gasteiger partial charge < -0.3 is 20.1 Å². The second kappa shape index (κ2) is 14.2. The van der Waals surface area contributed by atoms with Crippen molar-refractivity contribution in [2.45, 2.75) is 64.8 Å². The maximum atomic E-state index is 5.85. The van der Waals surface area contributed by atoms with Crippen LogP contribution in [-0.2, 0) is 9.47 Å². The molecule has 164 valence electrons. The van der Waals surface area contributed by atoms with Crippen LogP contribution >= 0.6 is 0 Å². The Balaban J connectivity index is 1.59. The van der Waals surface area contributed by atoms with Crippen LogP contribution in [0.4, 0.5) is 0 Å². The van der Waals surface area contributed by atoms with Crippen molar-refractivity contribution < 1.29 is 9.47 Å². The Kier molecular flexibility index (Phi) is 11.9. The summed E-state index contributed by atoms with van der Waals surface area (Å²) in [7, 11) is 1.85. The minimum absolute atomic E-state index is 0.569. The first-order valence-electron chi connectivity index (χ1n) is 11.5. The third-order valence-electron chi connectivity index (χ3n) is 6.03. The van der Waals surface area contributed by atoms with Crippen LogP contribution in [0.15, 0.2) is 4.99 Å². The summed E-state index contributed by atoms with van der Waals surface area (Å²) in [4.78, 5) is 7.08. The number of likely N-dealkylation sites (tertiary alicyclic amines) is 1. The number of hydrogen-bond acceptors (Lipinski definition) is 4. The van der Waals surface area contributed by atoms with Crippen LogP contribution in [-0.4, -0.2) is 76.6 Å². The molecule has 0 radical (unpaired) electrons. The van der Waals surface area contributed by atoms with Gasteiger partial charge in [-0.1, -0.05) is 26.7 Å². The zero-order valence-electron chi connectivity index (χ0n) is 18.5. The summed E-state index contributed by atoms with van der Waals surface area (Å²) in [6, 6.07) is 0.569. The molecule has 2 aliphatic rings. The summed E-state index contributed by atoms with van der Waals surface area (Å²) in [5.74, 6) is 2.23. The minimum Gasteiger partial charge on any atom is -0.381 e. The van der Waals surface area contributed by atoms with Crippen LogP contribution in [0.3, 0.4) is 0 Å². The van der Waals surface area contributed by atoms with Gasteiger partial charge in [0, 0.05) is 52.6 Å². The molecule has 0 amide bonds. The Morgan fingerprint density at radius 2 is 1.82 bits per heavy atom. The van der Waals surface area contributed by atoms with Gasteiger partial charge in [-0.25, -0.2) is 0 Å². The van der Waals surface area contributed by atoms with E-state index in [1.54, 1.807) is 0 Å². The molecule has 0 aliphatic carbocycles. The second-order valence-corrected chi connectivity index (χ2v) is 8.63. The lowest BCUT2D eigenvalue weighted by molar-refractivity contribution is 0.0203. The first kappa shape index (κ1) is 23.4. The molecule has 0 spiro atoms. The smallest absolute Gasteiger partial charge is 0.191 e. The van der Waals surface area contributed by atoms with Crippen molar-refractivity contribution in [2.75, 3.05) is 59.7 Å². The van der Waals surface area contributed by atoms with E-state index in [1.165, 1.54) is 38.8 Å². The van der Waals surface area contributed by atoms with Gasteiger partial charge in [-0.05, 0) is 57.0 Å². The second-order valence-electron chi connectivity index (χ2n) is 8.63. The largest absolute Gasteiger partial charge is 0.381 e. The van der Waals surface area contributed by atoms with Gasteiger partial charge in [0.25, 0.3) is 0 Å². The van der Waals surface area contributed by atoms with E-state index in [4.69, 9.17) is 9.47 Å². The predicted octanol–water partition coefficient (Wildman–Crippen LogP) is 2.89. The molecule has 1 unspecified atom stereocenters. The van der Waals surface area contributed by atoms with Gasteiger partial charge in [-0.15, -0.1) is 0 Å². The third-order valence-corrected chi connectivity index (χ3v) is 6.03. The normalized spacial score (nSPS) is 21.5. The molecule has 6 nitrogen and oxygen atoms in total. The van der Waals surface area contributed by atoms with Gasteiger partial charge in [0.1, 0.15) is 0 Å². The molecule has 28 heavy (non-hydrogen) atoms. The lowest BCUT2D eigenvalue weighted by Gasteiger charge is -2.34. The van der Waals surface area contributed by atoms with Crippen LogP contribution in [0.25, 0.3) is 0 Å². The monoisotopic (exact) mass is 396 g/mol. The van der Waals surface area contributed by atoms with Crippen LogP contribution in [0.2, 0.25) is 0 Å². The molecule has 6 heteroatoms. The lowest BCUT2D eigenvalue weighted by Crippen LogP contribution is -2.49. The Labute approximate surface area is 172 Å². The van der Waals surface area contributed by atoms with Crippen LogP contribution in [0.5, 0.6) is 0 Å². The number of hydrogen-bond donors (Lipinski definition) is 2. The first-order chi connectivity index (χ1) is 13.7. The van der Waals surface area contributed by atoms with Crippen molar-refractivity contribution in [3.05, 3.63) is 0 Å². The number of ether oxygens (including phenoxy) is 2. The van der Waals surface area contributed by atoms with Crippen molar-refractivity contribution in [1.82, 2.24) is 15.5 Å².